The Labute approximate surface area is 144 Å². The maximum absolute atomic E-state index is 12.3. The molecule has 0 unspecified atom stereocenters. The number of carbonyl (C=O) groups excluding carboxylic acids is 1. The standard InChI is InChI=1S/C19H17NO5/c1-25-18-10-12(9-16(19(18)22)20(23)24)5-8-17(21)15-7-6-13-3-2-4-14(13)11-15/h5-11,22H,2-4H2,1H3/p-1/b8-5+. The van der Waals surface area contributed by atoms with Gasteiger partial charge in [0.25, 0.3) is 5.69 Å². The highest BCUT2D eigenvalue weighted by molar-refractivity contribution is 6.07. The zero-order valence-corrected chi connectivity index (χ0v) is 13.7. The van der Waals surface area contributed by atoms with E-state index in [-0.39, 0.29) is 11.5 Å². The second kappa shape index (κ2) is 6.76. The number of carbonyl (C=O) groups is 1. The summed E-state index contributed by atoms with van der Waals surface area (Å²) in [5, 5.41) is 22.8. The molecule has 0 radical (unpaired) electrons. The Kier molecular flexibility index (Phi) is 4.52. The largest absolute Gasteiger partial charge is 0.865 e. The van der Waals surface area contributed by atoms with Gasteiger partial charge in [0, 0.05) is 17.4 Å². The molecule has 3 rings (SSSR count). The van der Waals surface area contributed by atoms with E-state index in [2.05, 4.69) is 0 Å². The Bertz CT molecular complexity index is 886. The molecule has 1 aliphatic rings. The number of hydrogen-bond donors (Lipinski definition) is 0. The van der Waals surface area contributed by atoms with Crippen LogP contribution in [0, 0.1) is 10.1 Å². The fourth-order valence-electron chi connectivity index (χ4n) is 2.98. The number of nitrogens with zero attached hydrogens (tertiary/aromatic N) is 1. The number of ether oxygens (including phenoxy) is 1. The van der Waals surface area contributed by atoms with Crippen LogP contribution in [0.5, 0.6) is 11.5 Å². The zero-order chi connectivity index (χ0) is 18.0. The summed E-state index contributed by atoms with van der Waals surface area (Å²) in [5.74, 6) is -1.10. The van der Waals surface area contributed by atoms with E-state index < -0.39 is 16.4 Å². The molecule has 2 aromatic rings. The van der Waals surface area contributed by atoms with Crippen LogP contribution in [-0.4, -0.2) is 17.8 Å². The van der Waals surface area contributed by atoms with Crippen molar-refractivity contribution in [3.63, 3.8) is 0 Å². The van der Waals surface area contributed by atoms with Crippen molar-refractivity contribution in [1.82, 2.24) is 0 Å². The van der Waals surface area contributed by atoms with Gasteiger partial charge in [-0.05, 0) is 54.2 Å². The maximum Gasteiger partial charge on any atom is 0.266 e. The van der Waals surface area contributed by atoms with Gasteiger partial charge in [-0.25, -0.2) is 0 Å². The second-order valence-corrected chi connectivity index (χ2v) is 5.86. The highest BCUT2D eigenvalue weighted by Crippen LogP contribution is 2.35. The van der Waals surface area contributed by atoms with Crippen LogP contribution < -0.4 is 9.84 Å². The topological polar surface area (TPSA) is 92.5 Å². The molecular formula is C19H16NO5-. The van der Waals surface area contributed by atoms with Gasteiger partial charge in [0.1, 0.15) is 5.75 Å². The first-order valence-electron chi connectivity index (χ1n) is 7.87. The van der Waals surface area contributed by atoms with E-state index in [1.807, 2.05) is 12.1 Å². The predicted octanol–water partition coefficient (Wildman–Crippen LogP) is 3.06. The molecule has 128 valence electrons. The first-order chi connectivity index (χ1) is 12.0. The van der Waals surface area contributed by atoms with E-state index in [1.165, 1.54) is 36.5 Å². The summed E-state index contributed by atoms with van der Waals surface area (Å²) in [6.45, 7) is 0. The van der Waals surface area contributed by atoms with Crippen molar-refractivity contribution in [1.29, 1.82) is 0 Å². The lowest BCUT2D eigenvalue weighted by molar-refractivity contribution is -0.398. The molecule has 0 bridgehead atoms. The molecule has 2 aromatic carbocycles. The Balaban J connectivity index is 1.87. The number of fused-ring (bicyclic) bond motifs is 1. The predicted molar refractivity (Wildman–Crippen MR) is 90.9 cm³/mol. The highest BCUT2D eigenvalue weighted by Gasteiger charge is 2.14. The van der Waals surface area contributed by atoms with Crippen LogP contribution in [0.3, 0.4) is 0 Å². The molecule has 0 heterocycles. The van der Waals surface area contributed by atoms with Gasteiger partial charge in [-0.2, -0.15) is 0 Å². The first-order valence-corrected chi connectivity index (χ1v) is 7.87. The normalized spacial score (nSPS) is 13.0. The summed E-state index contributed by atoms with van der Waals surface area (Å²) in [4.78, 5) is 22.6. The van der Waals surface area contributed by atoms with Gasteiger partial charge in [-0.3, -0.25) is 14.9 Å². The van der Waals surface area contributed by atoms with E-state index in [1.54, 1.807) is 6.07 Å². The number of allylic oxidation sites excluding steroid dienone is 1. The van der Waals surface area contributed by atoms with Crippen LogP contribution in [0.4, 0.5) is 5.69 Å². The number of aryl methyl sites for hydroxylation is 2. The molecule has 0 N–H and O–H groups in total. The highest BCUT2D eigenvalue weighted by atomic mass is 16.6. The lowest BCUT2D eigenvalue weighted by Gasteiger charge is -2.13. The fraction of sp³-hybridized carbons (Fsp3) is 0.211. The summed E-state index contributed by atoms with van der Waals surface area (Å²) < 4.78 is 4.88. The minimum atomic E-state index is -0.783. The van der Waals surface area contributed by atoms with Gasteiger partial charge < -0.3 is 9.84 Å². The molecule has 25 heavy (non-hydrogen) atoms. The van der Waals surface area contributed by atoms with Crippen molar-refractivity contribution in [2.45, 2.75) is 19.3 Å². The van der Waals surface area contributed by atoms with Crippen LogP contribution >= 0.6 is 0 Å². The Morgan fingerprint density at radius 2 is 1.96 bits per heavy atom. The number of nitro groups is 1. The van der Waals surface area contributed by atoms with Crippen LogP contribution in [0.25, 0.3) is 6.08 Å². The zero-order valence-electron chi connectivity index (χ0n) is 13.7. The van der Waals surface area contributed by atoms with E-state index in [4.69, 9.17) is 4.74 Å². The van der Waals surface area contributed by atoms with Crippen LogP contribution in [0.2, 0.25) is 0 Å². The van der Waals surface area contributed by atoms with Crippen molar-refractivity contribution in [2.24, 2.45) is 0 Å². The molecular weight excluding hydrogens is 322 g/mol. The van der Waals surface area contributed by atoms with Crippen molar-refractivity contribution in [3.05, 3.63) is 68.8 Å². The molecule has 0 spiro atoms. The Hall–Kier alpha value is -3.15. The molecule has 6 nitrogen and oxygen atoms in total. The summed E-state index contributed by atoms with van der Waals surface area (Å²) in [6, 6.07) is 8.18. The van der Waals surface area contributed by atoms with Crippen molar-refractivity contribution in [2.75, 3.05) is 7.11 Å². The third-order valence-corrected chi connectivity index (χ3v) is 4.28. The summed E-state index contributed by atoms with van der Waals surface area (Å²) in [5.41, 5.74) is 2.85. The Morgan fingerprint density at radius 3 is 2.68 bits per heavy atom. The average Bonchev–Trinajstić information content (AvgIpc) is 3.07. The minimum absolute atomic E-state index is 0.126. The molecule has 0 atom stereocenters. The summed E-state index contributed by atoms with van der Waals surface area (Å²) >= 11 is 0. The number of ketones is 1. The van der Waals surface area contributed by atoms with Gasteiger partial charge in [0.15, 0.2) is 5.78 Å². The lowest BCUT2D eigenvalue weighted by atomic mass is 10.0. The number of methoxy groups -OCH3 is 1. The van der Waals surface area contributed by atoms with Crippen molar-refractivity contribution < 1.29 is 19.6 Å². The average molecular weight is 338 g/mol. The van der Waals surface area contributed by atoms with Gasteiger partial charge in [0.05, 0.1) is 12.0 Å². The second-order valence-electron chi connectivity index (χ2n) is 5.86. The molecule has 0 aliphatic heterocycles. The summed E-state index contributed by atoms with van der Waals surface area (Å²) in [7, 11) is 1.27. The van der Waals surface area contributed by atoms with E-state index in [0.717, 1.165) is 25.3 Å². The molecule has 0 saturated heterocycles. The molecule has 0 fully saturated rings. The third-order valence-electron chi connectivity index (χ3n) is 4.28. The van der Waals surface area contributed by atoms with Crippen molar-refractivity contribution >= 4 is 17.5 Å². The van der Waals surface area contributed by atoms with Gasteiger partial charge >= 0.3 is 0 Å². The number of nitro benzene ring substituents is 1. The van der Waals surface area contributed by atoms with Crippen LogP contribution in [0.15, 0.2) is 36.4 Å². The van der Waals surface area contributed by atoms with Crippen LogP contribution in [-0.2, 0) is 12.8 Å². The maximum atomic E-state index is 12.3. The monoisotopic (exact) mass is 338 g/mol. The summed E-state index contributed by atoms with van der Waals surface area (Å²) in [6.07, 6.45) is 5.93. The Morgan fingerprint density at radius 1 is 1.20 bits per heavy atom. The van der Waals surface area contributed by atoms with E-state index >= 15 is 0 Å². The van der Waals surface area contributed by atoms with Gasteiger partial charge in [0.2, 0.25) is 0 Å². The van der Waals surface area contributed by atoms with Gasteiger partial charge in [-0.1, -0.05) is 18.2 Å². The SMILES string of the molecule is COc1cc(/C=C/C(=O)c2ccc3c(c2)CCC3)cc([N+](=O)[O-])c1[O-]. The smallest absolute Gasteiger partial charge is 0.266 e. The van der Waals surface area contributed by atoms with E-state index in [9.17, 15) is 20.0 Å². The number of rotatable bonds is 5. The lowest BCUT2D eigenvalue weighted by Crippen LogP contribution is -2.01. The first kappa shape index (κ1) is 16.7. The quantitative estimate of drug-likeness (QED) is 0.361. The number of benzene rings is 2. The van der Waals surface area contributed by atoms with Crippen molar-refractivity contribution in [3.8, 4) is 11.5 Å². The molecule has 0 amide bonds. The van der Waals surface area contributed by atoms with Gasteiger partial charge in [-0.15, -0.1) is 0 Å². The fourth-order valence-corrected chi connectivity index (χ4v) is 2.98. The minimum Gasteiger partial charge on any atom is -0.865 e. The van der Waals surface area contributed by atoms with E-state index in [0.29, 0.717) is 11.1 Å². The third kappa shape index (κ3) is 3.38. The molecule has 0 aromatic heterocycles. The molecule has 0 saturated carbocycles. The van der Waals surface area contributed by atoms with Crippen LogP contribution in [0.1, 0.15) is 33.5 Å². The molecule has 1 aliphatic carbocycles. The number of hydrogen-bond acceptors (Lipinski definition) is 5. The molecule has 6 heteroatoms.